The van der Waals surface area contributed by atoms with E-state index in [2.05, 4.69) is 12.2 Å². The van der Waals surface area contributed by atoms with E-state index in [4.69, 9.17) is 27.9 Å². The number of quaternary nitrogens is 1. The van der Waals surface area contributed by atoms with Crippen LogP contribution < -0.4 is 15.3 Å². The van der Waals surface area contributed by atoms with Crippen LogP contribution in [-0.4, -0.2) is 45.7 Å². The number of ether oxygens (including phenoxy) is 1. The van der Waals surface area contributed by atoms with Gasteiger partial charge in [-0.1, -0.05) is 36.5 Å². The number of carboxylic acid groups (broad SMARTS) is 1. The number of hydrogen-bond acceptors (Lipinski definition) is 6. The molecule has 0 amide bonds. The van der Waals surface area contributed by atoms with Gasteiger partial charge < -0.3 is 24.9 Å². The summed E-state index contributed by atoms with van der Waals surface area (Å²) in [4.78, 5) is 23.2. The van der Waals surface area contributed by atoms with E-state index >= 15 is 0 Å². The predicted octanol–water partition coefficient (Wildman–Crippen LogP) is 2.62. The summed E-state index contributed by atoms with van der Waals surface area (Å²) < 4.78 is 5.48. The minimum Gasteiger partial charge on any atom is -0.544 e. The van der Waals surface area contributed by atoms with Crippen molar-refractivity contribution < 1.29 is 24.3 Å². The first-order valence-electron chi connectivity index (χ1n) is 9.20. The zero-order chi connectivity index (χ0) is 21.8. The number of benzene rings is 1. The molecule has 2 N–H and O–H groups in total. The zero-order valence-corrected chi connectivity index (χ0v) is 19.0. The Hall–Kier alpha value is -1.80. The van der Waals surface area contributed by atoms with Crippen LogP contribution in [-0.2, 0) is 4.74 Å². The predicted molar refractivity (Wildman–Crippen MR) is 116 cm³/mol. The van der Waals surface area contributed by atoms with Gasteiger partial charge in [0.05, 0.1) is 35.5 Å². The molecule has 1 heterocycles. The summed E-state index contributed by atoms with van der Waals surface area (Å²) in [5.74, 6) is -1.50. The first-order chi connectivity index (χ1) is 13.7. The highest BCUT2D eigenvalue weighted by molar-refractivity contribution is 7.18. The van der Waals surface area contributed by atoms with E-state index in [1.807, 2.05) is 26.2 Å². The summed E-state index contributed by atoms with van der Waals surface area (Å²) in [5, 5.41) is 13.7. The number of likely N-dealkylation sites (N-methyl/N-ethyl adjacent to an activating group) is 1. The molecule has 160 valence electrons. The molecule has 0 aliphatic rings. The van der Waals surface area contributed by atoms with Crippen LogP contribution in [0.3, 0.4) is 0 Å². The fourth-order valence-electron chi connectivity index (χ4n) is 2.01. The van der Waals surface area contributed by atoms with Crippen LogP contribution in [0.5, 0.6) is 0 Å². The Morgan fingerprint density at radius 2 is 1.86 bits per heavy atom. The fraction of sp³-hybridized carbons (Fsp3) is 0.400. The molecule has 0 saturated carbocycles. The summed E-state index contributed by atoms with van der Waals surface area (Å²) in [6.45, 7) is 4.40. The second-order valence-electron chi connectivity index (χ2n) is 6.47. The van der Waals surface area contributed by atoms with E-state index in [1.54, 1.807) is 12.1 Å². The van der Waals surface area contributed by atoms with E-state index in [9.17, 15) is 14.7 Å². The number of aromatic carboxylic acids is 1. The Morgan fingerprint density at radius 3 is 2.31 bits per heavy atom. The Labute approximate surface area is 185 Å². The average Bonchev–Trinajstić information content (AvgIpc) is 3.02. The maximum absolute atomic E-state index is 11.7. The van der Waals surface area contributed by atoms with Crippen molar-refractivity contribution in [2.75, 3.05) is 39.1 Å². The normalized spacial score (nSPS) is 10.3. The number of halogens is 2. The number of carbonyl (C=O) groups is 2. The molecule has 2 rings (SSSR count). The number of unbranched alkanes of at least 4 members (excludes halogenated alkanes) is 1. The molecule has 9 heteroatoms. The Bertz CT molecular complexity index is 760. The van der Waals surface area contributed by atoms with Crippen molar-refractivity contribution in [1.82, 2.24) is 0 Å². The van der Waals surface area contributed by atoms with Gasteiger partial charge in [0.25, 0.3) is 0 Å². The monoisotopic (exact) mass is 460 g/mol. The van der Waals surface area contributed by atoms with Crippen molar-refractivity contribution in [3.63, 3.8) is 0 Å². The third-order valence-corrected chi connectivity index (χ3v) is 5.51. The summed E-state index contributed by atoms with van der Waals surface area (Å²) in [6.07, 6.45) is 2.32. The molecule has 0 bridgehead atoms. The van der Waals surface area contributed by atoms with E-state index in [0.717, 1.165) is 36.5 Å². The molecule has 0 aliphatic carbocycles. The molecular weight excluding hydrogens is 435 g/mol. The van der Waals surface area contributed by atoms with Gasteiger partial charge in [-0.15, -0.1) is 11.3 Å². The van der Waals surface area contributed by atoms with E-state index in [0.29, 0.717) is 12.2 Å². The molecule has 1 aromatic carbocycles. The Balaban J connectivity index is 0.000000352. The number of anilines is 1. The molecule has 6 nitrogen and oxygen atoms in total. The van der Waals surface area contributed by atoms with Gasteiger partial charge in [-0.25, -0.2) is 4.79 Å². The van der Waals surface area contributed by atoms with E-state index < -0.39 is 5.97 Å². The first kappa shape index (κ1) is 25.2. The van der Waals surface area contributed by atoms with Crippen LogP contribution in [0.15, 0.2) is 30.3 Å². The lowest BCUT2D eigenvalue weighted by molar-refractivity contribution is -0.858. The lowest BCUT2D eigenvalue weighted by Gasteiger charge is -2.09. The third kappa shape index (κ3) is 9.99. The number of nitrogens with one attached hydrogen (secondary N) is 2. The minimum absolute atomic E-state index is 0.0509. The van der Waals surface area contributed by atoms with E-state index in [-0.39, 0.29) is 20.2 Å². The van der Waals surface area contributed by atoms with Crippen molar-refractivity contribution in [2.45, 2.75) is 19.8 Å². The zero-order valence-electron chi connectivity index (χ0n) is 16.7. The molecule has 29 heavy (non-hydrogen) atoms. The van der Waals surface area contributed by atoms with Crippen molar-refractivity contribution in [2.24, 2.45) is 0 Å². The second kappa shape index (κ2) is 13.4. The quantitative estimate of drug-likeness (QED) is 0.443. The maximum atomic E-state index is 11.7. The van der Waals surface area contributed by atoms with Gasteiger partial charge in [-0.05, 0) is 36.8 Å². The van der Waals surface area contributed by atoms with Gasteiger partial charge in [-0.2, -0.15) is 0 Å². The van der Waals surface area contributed by atoms with Gasteiger partial charge >= 0.3 is 5.97 Å². The minimum atomic E-state index is -1.25. The van der Waals surface area contributed by atoms with Crippen LogP contribution in [0, 0.1) is 0 Å². The molecule has 0 atom stereocenters. The third-order valence-electron chi connectivity index (χ3n) is 3.66. The first-order valence-corrected chi connectivity index (χ1v) is 10.8. The highest BCUT2D eigenvalue weighted by atomic mass is 35.5. The lowest BCUT2D eigenvalue weighted by atomic mass is 10.2. The van der Waals surface area contributed by atoms with Crippen LogP contribution >= 0.6 is 34.5 Å². The van der Waals surface area contributed by atoms with Crippen LogP contribution in [0.25, 0.3) is 0 Å². The van der Waals surface area contributed by atoms with Gasteiger partial charge in [0.1, 0.15) is 17.5 Å². The van der Waals surface area contributed by atoms with Gasteiger partial charge in [0.15, 0.2) is 0 Å². The lowest BCUT2D eigenvalue weighted by Crippen LogP contribution is -3.06. The summed E-state index contributed by atoms with van der Waals surface area (Å²) >= 11 is 11.8. The van der Waals surface area contributed by atoms with Crippen molar-refractivity contribution >= 4 is 52.2 Å². The SMILES string of the molecule is CCCCNc1ccc(C(=O)OCC[NH+](C)C)cc1.O=C([O-])c1cc(Cl)c(Cl)s1. The molecule has 0 aliphatic heterocycles. The molecule has 0 unspecified atom stereocenters. The van der Waals surface area contributed by atoms with Gasteiger partial charge in [0, 0.05) is 12.2 Å². The summed E-state index contributed by atoms with van der Waals surface area (Å²) in [6, 6.07) is 8.72. The Kier molecular flexibility index (Phi) is 11.7. The molecule has 0 radical (unpaired) electrons. The molecule has 0 fully saturated rings. The molecular formula is C20H26Cl2N2O4S. The van der Waals surface area contributed by atoms with Crippen LogP contribution in [0.2, 0.25) is 9.36 Å². The van der Waals surface area contributed by atoms with E-state index in [1.165, 1.54) is 17.4 Å². The number of carboxylic acids is 1. The summed E-state index contributed by atoms with van der Waals surface area (Å²) in [5.41, 5.74) is 1.65. The van der Waals surface area contributed by atoms with Crippen LogP contribution in [0.1, 0.15) is 39.8 Å². The van der Waals surface area contributed by atoms with Crippen molar-refractivity contribution in [3.8, 4) is 0 Å². The molecule has 0 saturated heterocycles. The fourth-order valence-corrected chi connectivity index (χ4v) is 3.22. The summed E-state index contributed by atoms with van der Waals surface area (Å²) in [7, 11) is 4.06. The van der Waals surface area contributed by atoms with Crippen LogP contribution in [0.4, 0.5) is 5.69 Å². The molecule has 0 spiro atoms. The number of carbonyl (C=O) groups excluding carboxylic acids is 2. The average molecular weight is 461 g/mol. The maximum Gasteiger partial charge on any atom is 0.338 e. The standard InChI is InChI=1S/C15H24N2O2.C5H2Cl2O2S/c1-4-5-10-16-14-8-6-13(7-9-14)15(18)19-12-11-17(2)3;6-2-1-3(5(8)9)10-4(2)7/h6-9,16H,4-5,10-12H2,1-3H3;1H,(H,8,9). The number of esters is 1. The van der Waals surface area contributed by atoms with Crippen molar-refractivity contribution in [3.05, 3.63) is 50.1 Å². The number of hydrogen-bond donors (Lipinski definition) is 2. The highest BCUT2D eigenvalue weighted by Gasteiger charge is 2.07. The number of rotatable bonds is 9. The second-order valence-corrected chi connectivity index (χ2v) is 8.53. The smallest absolute Gasteiger partial charge is 0.338 e. The topological polar surface area (TPSA) is 82.9 Å². The van der Waals surface area contributed by atoms with Gasteiger partial charge in [0.2, 0.25) is 0 Å². The highest BCUT2D eigenvalue weighted by Crippen LogP contribution is 2.30. The Morgan fingerprint density at radius 1 is 1.21 bits per heavy atom. The van der Waals surface area contributed by atoms with Crippen molar-refractivity contribution in [1.29, 1.82) is 0 Å². The van der Waals surface area contributed by atoms with Gasteiger partial charge in [-0.3, -0.25) is 0 Å². The molecule has 1 aromatic heterocycles. The molecule has 2 aromatic rings. The largest absolute Gasteiger partial charge is 0.544 e. The number of thiophene rings is 1.